The number of carbonyl (C=O) groups is 10. The Balaban J connectivity index is -0.000000855. The first kappa shape index (κ1) is 77.3. The number of rotatable bonds is 13. The number of hydrogen-bond acceptors (Lipinski definition) is 16. The zero-order valence-electron chi connectivity index (χ0n) is 49.9. The van der Waals surface area contributed by atoms with Gasteiger partial charge in [-0.1, -0.05) is 74.1 Å². The van der Waals surface area contributed by atoms with Crippen molar-refractivity contribution in [3.8, 4) is 0 Å². The number of carbonyl (C=O) groups excluding carboxylic acids is 10. The number of amides is 6. The molecule has 6 amide bonds. The molecule has 8 unspecified atom stereocenters. The van der Waals surface area contributed by atoms with E-state index in [1.54, 1.807) is 45.3 Å². The van der Waals surface area contributed by atoms with Gasteiger partial charge in [-0.3, -0.25) is 47.9 Å². The molecule has 6 heterocycles. The predicted octanol–water partition coefficient (Wildman–Crippen LogP) is 6.39. The number of hydrogen-bond donors (Lipinski definition) is 2. The first-order chi connectivity index (χ1) is 37.5. The first-order valence-electron chi connectivity index (χ1n) is 27.0. The van der Waals surface area contributed by atoms with Gasteiger partial charge in [0.05, 0.1) is 19.6 Å². The van der Waals surface area contributed by atoms with Crippen LogP contribution < -0.4 is 0 Å². The Hall–Kier alpha value is -6.94. The highest BCUT2D eigenvalue weighted by Gasteiger charge is 2.34. The molecule has 6 rings (SSSR count). The molecule has 0 aromatic carbocycles. The molecule has 0 bridgehead atoms. The van der Waals surface area contributed by atoms with Crippen molar-refractivity contribution in [3.05, 3.63) is 76.8 Å². The van der Waals surface area contributed by atoms with E-state index in [9.17, 15) is 47.9 Å². The fraction of sp³-hybridized carbons (Fsp3) is 0.621. The molecule has 2 N–H and O–H groups in total. The fourth-order valence-electron chi connectivity index (χ4n) is 7.78. The van der Waals surface area contributed by atoms with E-state index >= 15 is 0 Å². The molecule has 8 atom stereocenters. The van der Waals surface area contributed by atoms with Crippen LogP contribution in [-0.2, 0) is 66.9 Å². The molecule has 0 aliphatic carbocycles. The number of ether oxygens (including phenoxy) is 4. The van der Waals surface area contributed by atoms with Crippen LogP contribution in [0.1, 0.15) is 140 Å². The van der Waals surface area contributed by atoms with Crippen LogP contribution in [0.15, 0.2) is 76.8 Å². The number of nitrogens with zero attached hydrogens (tertiary/aromatic N) is 6. The molecule has 6 saturated heterocycles. The summed E-state index contributed by atoms with van der Waals surface area (Å²) in [6, 6.07) is 0.427. The topological polar surface area (TPSA) is 268 Å². The molecule has 0 saturated carbocycles. The minimum atomic E-state index is -0.789. The summed E-state index contributed by atoms with van der Waals surface area (Å²) >= 11 is 0. The minimum absolute atomic E-state index is 0.0776. The second-order valence-corrected chi connectivity index (χ2v) is 19.0. The van der Waals surface area contributed by atoms with E-state index in [4.69, 9.17) is 14.9 Å². The summed E-state index contributed by atoms with van der Waals surface area (Å²) in [4.78, 5) is 117. The lowest BCUT2D eigenvalue weighted by atomic mass is 10.1. The van der Waals surface area contributed by atoms with Crippen molar-refractivity contribution in [1.29, 1.82) is 0 Å². The van der Waals surface area contributed by atoms with E-state index in [2.05, 4.69) is 53.7 Å². The summed E-state index contributed by atoms with van der Waals surface area (Å²) in [5, 5.41) is 18.0. The monoisotopic (exact) mass is 1130 g/mol. The van der Waals surface area contributed by atoms with Crippen molar-refractivity contribution >= 4 is 59.3 Å². The van der Waals surface area contributed by atoms with E-state index in [0.29, 0.717) is 25.8 Å². The van der Waals surface area contributed by atoms with Crippen LogP contribution >= 0.6 is 0 Å². The van der Waals surface area contributed by atoms with Gasteiger partial charge in [0, 0.05) is 116 Å². The Morgan fingerprint density at radius 3 is 1.15 bits per heavy atom. The van der Waals surface area contributed by atoms with Gasteiger partial charge in [0.25, 0.3) is 11.8 Å². The molecule has 80 heavy (non-hydrogen) atoms. The second-order valence-electron chi connectivity index (χ2n) is 19.0. The normalized spacial score (nSPS) is 21.4. The van der Waals surface area contributed by atoms with Crippen molar-refractivity contribution in [2.24, 2.45) is 17.8 Å². The van der Waals surface area contributed by atoms with Gasteiger partial charge in [-0.15, -0.1) is 0 Å². The van der Waals surface area contributed by atoms with Crippen LogP contribution in [0.3, 0.4) is 0 Å². The zero-order valence-corrected chi connectivity index (χ0v) is 49.9. The zero-order chi connectivity index (χ0) is 62.2. The molecule has 22 heteroatoms. The van der Waals surface area contributed by atoms with Crippen LogP contribution in [0.5, 0.6) is 0 Å². The van der Waals surface area contributed by atoms with Crippen LogP contribution in [-0.4, -0.2) is 176 Å². The van der Waals surface area contributed by atoms with Crippen molar-refractivity contribution in [2.45, 2.75) is 171 Å². The van der Waals surface area contributed by atoms with Gasteiger partial charge < -0.3 is 58.6 Å². The highest BCUT2D eigenvalue weighted by atomic mass is 16.6. The molecule has 6 fully saturated rings. The maximum atomic E-state index is 11.9. The number of methoxy groups -OCH3 is 1. The Labute approximate surface area is 476 Å². The van der Waals surface area contributed by atoms with E-state index in [-0.39, 0.29) is 83.3 Å². The summed E-state index contributed by atoms with van der Waals surface area (Å²) in [5.41, 5.74) is 0. The van der Waals surface area contributed by atoms with Crippen LogP contribution in [0.2, 0.25) is 0 Å². The lowest BCUT2D eigenvalue weighted by Crippen LogP contribution is -2.38. The number of esters is 4. The molecule has 454 valence electrons. The average Bonchev–Trinajstić information content (AvgIpc) is 4.28. The number of aliphatic hydroxyl groups is 2. The summed E-state index contributed by atoms with van der Waals surface area (Å²) < 4.78 is 17.7. The third-order valence-electron chi connectivity index (χ3n) is 12.7. The van der Waals surface area contributed by atoms with Crippen molar-refractivity contribution in [1.82, 2.24) is 29.4 Å². The number of likely N-dealkylation sites (tertiary alicyclic amines) is 6. The van der Waals surface area contributed by atoms with Gasteiger partial charge in [-0.25, -0.2) is 0 Å². The van der Waals surface area contributed by atoms with Crippen LogP contribution in [0.4, 0.5) is 0 Å². The molecule has 0 aromatic heterocycles. The summed E-state index contributed by atoms with van der Waals surface area (Å²) in [5.74, 6) is -0.595. The first-order valence-corrected chi connectivity index (χ1v) is 27.0. The fourth-order valence-corrected chi connectivity index (χ4v) is 7.78. The molecule has 22 nitrogen and oxygen atoms in total. The van der Waals surface area contributed by atoms with Gasteiger partial charge in [-0.05, 0) is 83.6 Å². The maximum absolute atomic E-state index is 11.9. The Morgan fingerprint density at radius 2 is 0.938 bits per heavy atom. The third-order valence-corrected chi connectivity index (χ3v) is 12.7. The van der Waals surface area contributed by atoms with Crippen molar-refractivity contribution in [2.75, 3.05) is 46.4 Å². The standard InChI is InChI=1S/C13H23NO3.C8H15NO2.2C7H11NO.C6H9NO2.C6H9NO.C4H6O3.C4H6O2.C3H6O/c1-5-12(17-11(4)15)8-10(3)14-7-6-9(2)13(14)16;1-3-6(2)9-5-4-7(10)8(9)11;2*1-3-8-5-4-6(2)7(8)9;1-2-7-4-3-5(8)6(7)9;1-2-7-5-3-4-6(7)8;1-3(5)7-4(2)6;1-3-6-4(2)5;1-3-4-2/h9-10,12H,5-8H2,1-4H3;6-7,10H,3-5H2,1-2H3;2*3,6H,1,4-5H2,2H3;2,5,8H,1,3-4H2;2H,1,3-5H2;1-2H3;3H,1H2,2H3;3H,1H2,2H3. The molecular weight excluding hydrogens is 1040 g/mol. The van der Waals surface area contributed by atoms with E-state index in [1.807, 2.05) is 53.4 Å². The maximum Gasteiger partial charge on any atom is 0.310 e. The smallest absolute Gasteiger partial charge is 0.310 e. The third kappa shape index (κ3) is 32.2. The Kier molecular flexibility index (Phi) is 42.4. The number of aliphatic hydroxyl groups excluding tert-OH is 2. The molecule has 0 spiro atoms. The summed E-state index contributed by atoms with van der Waals surface area (Å²) in [7, 11) is 1.56. The lowest BCUT2D eigenvalue weighted by Gasteiger charge is -2.27. The minimum Gasteiger partial charge on any atom is -0.505 e. The van der Waals surface area contributed by atoms with Gasteiger partial charge in [0.15, 0.2) is 0 Å². The Bertz CT molecular complexity index is 1940. The van der Waals surface area contributed by atoms with Gasteiger partial charge in [0.2, 0.25) is 23.6 Å². The SMILES string of the molecule is C=CN1CCC(C)C1=O.C=CN1CCC(C)C1=O.C=CN1CCC(O)C1=O.C=CN1CCCC1=O.C=COC.C=COC(C)=O.CC(=O)OC(C)=O.CCC(C)N1CCC(O)C1=O.CCC(CC(C)N1CCC(C)C1=O)OC(C)=O. The molecular formula is C58H96N6O16. The van der Waals surface area contributed by atoms with E-state index in [0.717, 1.165) is 83.9 Å². The van der Waals surface area contributed by atoms with Gasteiger partial charge in [0.1, 0.15) is 18.3 Å². The quantitative estimate of drug-likeness (QED) is 0.0875. The molecule has 6 aliphatic heterocycles. The molecule has 0 radical (unpaired) electrons. The highest BCUT2D eigenvalue weighted by Crippen LogP contribution is 2.23. The largest absolute Gasteiger partial charge is 0.505 e. The average molecular weight is 1130 g/mol. The summed E-state index contributed by atoms with van der Waals surface area (Å²) in [6.45, 7) is 44.2. The second kappa shape index (κ2) is 43.9. The van der Waals surface area contributed by atoms with E-state index in [1.165, 1.54) is 45.1 Å². The molecule has 6 aliphatic rings. The Morgan fingerprint density at radius 1 is 0.537 bits per heavy atom. The lowest BCUT2D eigenvalue weighted by molar-refractivity contribution is -0.156. The van der Waals surface area contributed by atoms with Crippen LogP contribution in [0.25, 0.3) is 0 Å². The van der Waals surface area contributed by atoms with E-state index < -0.39 is 24.1 Å². The van der Waals surface area contributed by atoms with Crippen molar-refractivity contribution in [3.63, 3.8) is 0 Å². The molecule has 0 aromatic rings. The van der Waals surface area contributed by atoms with Gasteiger partial charge in [-0.2, -0.15) is 0 Å². The van der Waals surface area contributed by atoms with Crippen LogP contribution in [0, 0.1) is 17.8 Å². The highest BCUT2D eigenvalue weighted by molar-refractivity contribution is 5.84. The predicted molar refractivity (Wildman–Crippen MR) is 304 cm³/mol. The van der Waals surface area contributed by atoms with Crippen molar-refractivity contribution < 1.29 is 77.1 Å². The summed E-state index contributed by atoms with van der Waals surface area (Å²) in [6.07, 6.45) is 15.3. The van der Waals surface area contributed by atoms with Gasteiger partial charge >= 0.3 is 23.9 Å².